The van der Waals surface area contributed by atoms with Crippen molar-refractivity contribution in [3.8, 4) is 0 Å². The molecule has 130 valence electrons. The number of nitrogens with one attached hydrogen (secondary N) is 1. The fraction of sp³-hybridized carbons (Fsp3) is 0.294. The van der Waals surface area contributed by atoms with Gasteiger partial charge >= 0.3 is 5.97 Å². The van der Waals surface area contributed by atoms with E-state index in [9.17, 15) is 14.4 Å². The Morgan fingerprint density at radius 1 is 1.32 bits per heavy atom. The van der Waals surface area contributed by atoms with Crippen LogP contribution in [0.15, 0.2) is 16.2 Å². The zero-order chi connectivity index (χ0) is 18.3. The highest BCUT2D eigenvalue weighted by atomic mass is 32.1. The van der Waals surface area contributed by atoms with E-state index in [2.05, 4.69) is 9.97 Å². The summed E-state index contributed by atoms with van der Waals surface area (Å²) in [6.45, 7) is 6.59. The molecule has 7 nitrogen and oxygen atoms in total. The SMILES string of the molecule is CC(=O)c1c(C)[nH]c(C(=O)OCc2cc(=O)n3c(C)csc3n2)c1C. The number of esters is 1. The minimum absolute atomic E-state index is 0.112. The highest BCUT2D eigenvalue weighted by Gasteiger charge is 2.21. The van der Waals surface area contributed by atoms with Crippen molar-refractivity contribution in [2.24, 2.45) is 0 Å². The average molecular weight is 359 g/mol. The molecule has 0 fully saturated rings. The summed E-state index contributed by atoms with van der Waals surface area (Å²) in [6.07, 6.45) is 0. The van der Waals surface area contributed by atoms with Crippen molar-refractivity contribution in [3.05, 3.63) is 55.7 Å². The lowest BCUT2D eigenvalue weighted by molar-refractivity contribution is 0.0460. The predicted octanol–water partition coefficient (Wildman–Crippen LogP) is 2.57. The second-order valence-corrected chi connectivity index (χ2v) is 6.67. The lowest BCUT2D eigenvalue weighted by Gasteiger charge is -2.05. The predicted molar refractivity (Wildman–Crippen MR) is 93.5 cm³/mol. The number of thiazole rings is 1. The fourth-order valence-electron chi connectivity index (χ4n) is 2.87. The standard InChI is InChI=1S/C17H17N3O4S/c1-8-7-25-17-19-12(5-13(22)20(8)17)6-24-16(23)15-9(2)14(11(4)21)10(3)18-15/h5,7,18H,6H2,1-4H3. The number of hydrogen-bond donors (Lipinski definition) is 1. The molecule has 0 unspecified atom stereocenters. The van der Waals surface area contributed by atoms with Gasteiger partial charge in [0.1, 0.15) is 12.3 Å². The highest BCUT2D eigenvalue weighted by Crippen LogP contribution is 2.19. The van der Waals surface area contributed by atoms with Crippen molar-refractivity contribution in [2.75, 3.05) is 0 Å². The quantitative estimate of drug-likeness (QED) is 0.571. The number of hydrogen-bond acceptors (Lipinski definition) is 6. The average Bonchev–Trinajstić information content (AvgIpc) is 3.05. The van der Waals surface area contributed by atoms with Crippen LogP contribution in [0.25, 0.3) is 4.96 Å². The molecule has 0 aliphatic rings. The number of carbonyl (C=O) groups excluding carboxylic acids is 2. The number of aromatic nitrogens is 3. The first-order chi connectivity index (χ1) is 11.8. The summed E-state index contributed by atoms with van der Waals surface area (Å²) in [5.41, 5.74) is 2.92. The molecule has 0 amide bonds. The minimum atomic E-state index is -0.586. The maximum Gasteiger partial charge on any atom is 0.355 e. The van der Waals surface area contributed by atoms with E-state index in [4.69, 9.17) is 4.74 Å². The molecule has 3 aromatic rings. The number of carbonyl (C=O) groups is 2. The molecule has 3 heterocycles. The summed E-state index contributed by atoms with van der Waals surface area (Å²) in [4.78, 5) is 43.9. The molecule has 8 heteroatoms. The van der Waals surface area contributed by atoms with Crippen LogP contribution in [0.3, 0.4) is 0 Å². The first-order valence-corrected chi connectivity index (χ1v) is 8.51. The van der Waals surface area contributed by atoms with Crippen molar-refractivity contribution in [1.82, 2.24) is 14.4 Å². The monoisotopic (exact) mass is 359 g/mol. The molecule has 0 radical (unpaired) electrons. The Morgan fingerprint density at radius 3 is 2.68 bits per heavy atom. The zero-order valence-electron chi connectivity index (χ0n) is 14.3. The molecule has 0 saturated carbocycles. The number of ether oxygens (including phenoxy) is 1. The van der Waals surface area contributed by atoms with Gasteiger partial charge in [-0.1, -0.05) is 0 Å². The Kier molecular flexibility index (Phi) is 4.30. The summed E-state index contributed by atoms with van der Waals surface area (Å²) in [7, 11) is 0. The van der Waals surface area contributed by atoms with Crippen LogP contribution in [0.2, 0.25) is 0 Å². The summed E-state index contributed by atoms with van der Waals surface area (Å²) in [5, 5.41) is 1.84. The number of fused-ring (bicyclic) bond motifs is 1. The van der Waals surface area contributed by atoms with Gasteiger partial charge in [-0.15, -0.1) is 11.3 Å². The second kappa shape index (κ2) is 6.29. The molecule has 0 aliphatic heterocycles. The second-order valence-electron chi connectivity index (χ2n) is 5.84. The lowest BCUT2D eigenvalue weighted by Crippen LogP contribution is -2.16. The van der Waals surface area contributed by atoms with Crippen LogP contribution in [0, 0.1) is 20.8 Å². The van der Waals surface area contributed by atoms with Crippen molar-refractivity contribution in [3.63, 3.8) is 0 Å². The Hall–Kier alpha value is -2.74. The molecule has 0 spiro atoms. The normalized spacial score (nSPS) is 11.0. The van der Waals surface area contributed by atoms with E-state index < -0.39 is 5.97 Å². The van der Waals surface area contributed by atoms with E-state index in [1.807, 2.05) is 12.3 Å². The third kappa shape index (κ3) is 3.00. The Balaban J connectivity index is 1.82. The summed E-state index contributed by atoms with van der Waals surface area (Å²) >= 11 is 1.35. The topological polar surface area (TPSA) is 93.5 Å². The molecule has 0 atom stereocenters. The largest absolute Gasteiger partial charge is 0.454 e. The van der Waals surface area contributed by atoms with Crippen LogP contribution >= 0.6 is 11.3 Å². The van der Waals surface area contributed by atoms with E-state index in [-0.39, 0.29) is 23.6 Å². The van der Waals surface area contributed by atoms with Gasteiger partial charge in [-0.2, -0.15) is 0 Å². The number of rotatable bonds is 4. The number of Topliss-reactive ketones (excluding diaryl/α,β-unsaturated/α-hetero) is 1. The Bertz CT molecular complexity index is 1060. The maximum absolute atomic E-state index is 12.3. The van der Waals surface area contributed by atoms with Gasteiger partial charge < -0.3 is 9.72 Å². The van der Waals surface area contributed by atoms with Crippen LogP contribution in [-0.4, -0.2) is 26.1 Å². The Morgan fingerprint density at radius 2 is 2.04 bits per heavy atom. The van der Waals surface area contributed by atoms with Gasteiger partial charge in [0, 0.05) is 28.4 Å². The molecule has 0 bridgehead atoms. The van der Waals surface area contributed by atoms with Crippen molar-refractivity contribution >= 4 is 28.1 Å². The molecule has 25 heavy (non-hydrogen) atoms. The highest BCUT2D eigenvalue weighted by molar-refractivity contribution is 7.15. The van der Waals surface area contributed by atoms with Crippen LogP contribution in [-0.2, 0) is 11.3 Å². The number of nitrogens with zero attached hydrogens (tertiary/aromatic N) is 2. The van der Waals surface area contributed by atoms with Crippen molar-refractivity contribution in [2.45, 2.75) is 34.3 Å². The van der Waals surface area contributed by atoms with Crippen LogP contribution in [0.1, 0.15) is 50.4 Å². The van der Waals surface area contributed by atoms with Crippen LogP contribution in [0.5, 0.6) is 0 Å². The molecular formula is C17H17N3O4S. The third-order valence-electron chi connectivity index (χ3n) is 3.97. The maximum atomic E-state index is 12.3. The minimum Gasteiger partial charge on any atom is -0.454 e. The molecule has 0 aliphatic carbocycles. The molecule has 0 saturated heterocycles. The number of aromatic amines is 1. The first-order valence-electron chi connectivity index (χ1n) is 7.63. The van der Waals surface area contributed by atoms with E-state index in [0.717, 1.165) is 5.69 Å². The van der Waals surface area contributed by atoms with Gasteiger partial charge in [0.15, 0.2) is 10.7 Å². The van der Waals surface area contributed by atoms with Crippen molar-refractivity contribution < 1.29 is 14.3 Å². The van der Waals surface area contributed by atoms with Crippen molar-refractivity contribution in [1.29, 1.82) is 0 Å². The Labute approximate surface area is 147 Å². The molecule has 0 aromatic carbocycles. The van der Waals surface area contributed by atoms with E-state index >= 15 is 0 Å². The lowest BCUT2D eigenvalue weighted by atomic mass is 10.1. The summed E-state index contributed by atoms with van der Waals surface area (Å²) in [5.74, 6) is -0.698. The number of ketones is 1. The van der Waals surface area contributed by atoms with Gasteiger partial charge in [0.05, 0.1) is 5.69 Å². The van der Waals surface area contributed by atoms with Crippen LogP contribution in [0.4, 0.5) is 0 Å². The van der Waals surface area contributed by atoms with Crippen LogP contribution < -0.4 is 5.56 Å². The van der Waals surface area contributed by atoms with E-state index in [1.165, 1.54) is 28.7 Å². The van der Waals surface area contributed by atoms with Gasteiger partial charge in [-0.25, -0.2) is 9.78 Å². The number of aryl methyl sites for hydroxylation is 2. The summed E-state index contributed by atoms with van der Waals surface area (Å²) < 4.78 is 6.77. The molecular weight excluding hydrogens is 342 g/mol. The third-order valence-corrected chi connectivity index (χ3v) is 4.92. The van der Waals surface area contributed by atoms with Gasteiger partial charge in [0.25, 0.3) is 5.56 Å². The summed E-state index contributed by atoms with van der Waals surface area (Å²) in [6, 6.07) is 1.35. The first kappa shape index (κ1) is 17.1. The fourth-order valence-corrected chi connectivity index (χ4v) is 3.76. The van der Waals surface area contributed by atoms with Gasteiger partial charge in [-0.05, 0) is 33.3 Å². The van der Waals surface area contributed by atoms with Gasteiger partial charge in [-0.3, -0.25) is 14.0 Å². The van der Waals surface area contributed by atoms with E-state index in [1.54, 1.807) is 13.8 Å². The molecule has 1 N–H and O–H groups in total. The smallest absolute Gasteiger partial charge is 0.355 e. The zero-order valence-corrected chi connectivity index (χ0v) is 15.1. The molecule has 3 rings (SSSR count). The number of H-pyrrole nitrogens is 1. The van der Waals surface area contributed by atoms with E-state index in [0.29, 0.717) is 27.5 Å². The van der Waals surface area contributed by atoms with Gasteiger partial charge in [0.2, 0.25) is 0 Å². The molecule has 3 aromatic heterocycles.